The maximum atomic E-state index is 12.9. The molecule has 0 aromatic heterocycles. The summed E-state index contributed by atoms with van der Waals surface area (Å²) < 4.78 is 36.2. The van der Waals surface area contributed by atoms with Crippen LogP contribution in [0.15, 0.2) is 21.5 Å². The van der Waals surface area contributed by atoms with Gasteiger partial charge in [0.15, 0.2) is 0 Å². The van der Waals surface area contributed by atoms with Gasteiger partial charge in [-0.3, -0.25) is 9.59 Å². The van der Waals surface area contributed by atoms with E-state index in [0.29, 0.717) is 6.54 Å². The number of nitrogens with one attached hydrogen (secondary N) is 2. The first kappa shape index (κ1) is 17.8. The second kappa shape index (κ2) is 6.54. The van der Waals surface area contributed by atoms with E-state index in [4.69, 9.17) is 5.14 Å². The van der Waals surface area contributed by atoms with Crippen molar-refractivity contribution < 1.29 is 22.4 Å². The van der Waals surface area contributed by atoms with Gasteiger partial charge < -0.3 is 10.6 Å². The lowest BCUT2D eigenvalue weighted by Gasteiger charge is -2.12. The van der Waals surface area contributed by atoms with Gasteiger partial charge in [0.25, 0.3) is 11.8 Å². The van der Waals surface area contributed by atoms with Gasteiger partial charge in [-0.05, 0) is 35.0 Å². The van der Waals surface area contributed by atoms with Gasteiger partial charge >= 0.3 is 0 Å². The Labute approximate surface area is 141 Å². The van der Waals surface area contributed by atoms with Crippen LogP contribution in [0.25, 0.3) is 0 Å². The van der Waals surface area contributed by atoms with Crippen LogP contribution in [0.2, 0.25) is 0 Å². The summed E-state index contributed by atoms with van der Waals surface area (Å²) >= 11 is 3.13. The first-order chi connectivity index (χ1) is 10.6. The molecule has 1 aromatic rings. The minimum atomic E-state index is -4.13. The largest absolute Gasteiger partial charge is 0.352 e. The fourth-order valence-corrected chi connectivity index (χ4v) is 3.06. The molecule has 2 amide bonds. The molecule has 0 heterocycles. The molecule has 1 saturated carbocycles. The van der Waals surface area contributed by atoms with Crippen LogP contribution in [0.1, 0.15) is 34.1 Å². The van der Waals surface area contributed by atoms with Gasteiger partial charge in [-0.2, -0.15) is 0 Å². The van der Waals surface area contributed by atoms with E-state index >= 15 is 0 Å². The van der Waals surface area contributed by atoms with Crippen molar-refractivity contribution in [3.8, 4) is 0 Å². The Morgan fingerprint density at radius 3 is 2.30 bits per heavy atom. The second-order valence-corrected chi connectivity index (χ2v) is 7.42. The van der Waals surface area contributed by atoms with Crippen LogP contribution in [0, 0.1) is 0 Å². The van der Waals surface area contributed by atoms with Crippen LogP contribution in [0.4, 0.5) is 4.39 Å². The summed E-state index contributed by atoms with van der Waals surface area (Å²) in [5.41, 5.74) is -0.145. The molecule has 0 saturated heterocycles. The van der Waals surface area contributed by atoms with Crippen LogP contribution in [-0.2, 0) is 10.0 Å². The van der Waals surface area contributed by atoms with Crippen molar-refractivity contribution in [3.05, 3.63) is 27.7 Å². The Hall–Kier alpha value is -1.52. The highest BCUT2D eigenvalue weighted by Crippen LogP contribution is 2.29. The zero-order valence-corrected chi connectivity index (χ0v) is 14.5. The summed E-state index contributed by atoms with van der Waals surface area (Å²) in [6.07, 6.45) is -0.900. The molecule has 23 heavy (non-hydrogen) atoms. The van der Waals surface area contributed by atoms with E-state index in [2.05, 4.69) is 26.6 Å². The topological polar surface area (TPSA) is 118 Å². The van der Waals surface area contributed by atoms with Crippen LogP contribution in [0.3, 0.4) is 0 Å². The summed E-state index contributed by atoms with van der Waals surface area (Å²) in [7, 11) is -4.13. The number of primary sulfonamides is 1. The van der Waals surface area contributed by atoms with Crippen molar-refractivity contribution in [3.63, 3.8) is 0 Å². The highest BCUT2D eigenvalue weighted by Gasteiger charge is 2.39. The molecule has 0 radical (unpaired) electrons. The Morgan fingerprint density at radius 1 is 1.35 bits per heavy atom. The number of sulfonamides is 1. The molecule has 4 N–H and O–H groups in total. The molecule has 1 aromatic carbocycles. The number of halogens is 2. The predicted octanol–water partition coefficient (Wildman–Crippen LogP) is 0.686. The lowest BCUT2D eigenvalue weighted by atomic mass is 10.1. The summed E-state index contributed by atoms with van der Waals surface area (Å²) in [6, 6.07) is 1.53. The van der Waals surface area contributed by atoms with Crippen molar-refractivity contribution in [1.82, 2.24) is 10.6 Å². The molecular formula is C13H15BrFN3O4S. The van der Waals surface area contributed by atoms with Gasteiger partial charge in [-0.25, -0.2) is 17.9 Å². The summed E-state index contributed by atoms with van der Waals surface area (Å²) in [5.74, 6) is -1.24. The van der Waals surface area contributed by atoms with Crippen LogP contribution in [0.5, 0.6) is 0 Å². The maximum Gasteiger partial charge on any atom is 0.252 e. The monoisotopic (exact) mass is 407 g/mol. The fourth-order valence-electron chi connectivity index (χ4n) is 1.91. The lowest BCUT2D eigenvalue weighted by Crippen LogP contribution is -2.29. The molecule has 0 unspecified atom stereocenters. The average molecular weight is 408 g/mol. The normalized spacial score (nSPS) is 20.0. The molecule has 0 bridgehead atoms. The minimum Gasteiger partial charge on any atom is -0.352 e. The van der Waals surface area contributed by atoms with Crippen molar-refractivity contribution in [2.24, 2.45) is 5.14 Å². The Bertz CT molecular complexity index is 769. The molecule has 10 heteroatoms. The van der Waals surface area contributed by atoms with Gasteiger partial charge in [0.1, 0.15) is 6.17 Å². The Kier molecular flexibility index (Phi) is 5.07. The number of rotatable bonds is 5. The average Bonchev–Trinajstić information content (AvgIpc) is 3.12. The molecule has 1 aliphatic carbocycles. The summed E-state index contributed by atoms with van der Waals surface area (Å²) in [6.45, 7) is 2.01. The molecule has 1 fully saturated rings. The van der Waals surface area contributed by atoms with Gasteiger partial charge in [0.2, 0.25) is 10.0 Å². The van der Waals surface area contributed by atoms with Crippen LogP contribution in [-0.4, -0.2) is 39.0 Å². The quantitative estimate of drug-likeness (QED) is 0.664. The number of hydrogen-bond acceptors (Lipinski definition) is 4. The number of alkyl halides is 1. The van der Waals surface area contributed by atoms with E-state index in [0.717, 1.165) is 12.1 Å². The van der Waals surface area contributed by atoms with Gasteiger partial charge in [-0.1, -0.05) is 0 Å². The van der Waals surface area contributed by atoms with Gasteiger partial charge in [-0.15, -0.1) is 0 Å². The SMILES string of the molecule is CCNC(=O)c1cc(S(N)(=O)=O)cc(C(=O)N[C@H]2C[C@H]2F)c1Br. The van der Waals surface area contributed by atoms with E-state index < -0.39 is 34.1 Å². The van der Waals surface area contributed by atoms with E-state index in [1.54, 1.807) is 6.92 Å². The molecule has 7 nitrogen and oxygen atoms in total. The minimum absolute atomic E-state index is 0.0453. The maximum absolute atomic E-state index is 12.9. The highest BCUT2D eigenvalue weighted by molar-refractivity contribution is 9.10. The Balaban J connectivity index is 2.49. The third-order valence-corrected chi connectivity index (χ3v) is 4.98. The van der Waals surface area contributed by atoms with E-state index in [-0.39, 0.29) is 26.9 Å². The second-order valence-electron chi connectivity index (χ2n) is 5.07. The first-order valence-corrected chi connectivity index (χ1v) is 9.08. The zero-order valence-electron chi connectivity index (χ0n) is 12.1. The third-order valence-electron chi connectivity index (χ3n) is 3.23. The van der Waals surface area contributed by atoms with Crippen LogP contribution < -0.4 is 15.8 Å². The molecule has 126 valence electrons. The standard InChI is InChI=1S/C13H15BrFN3O4S/c1-2-17-12(19)7-3-6(23(16,21)22)4-8(11(7)14)13(20)18-10-5-9(10)15/h3-4,9-10H,2,5H2,1H3,(H,17,19)(H,18,20)(H2,16,21,22)/t9-,10+/m1/s1. The molecule has 2 rings (SSSR count). The zero-order chi connectivity index (χ0) is 17.4. The van der Waals surface area contributed by atoms with E-state index in [1.807, 2.05) is 0 Å². The van der Waals surface area contributed by atoms with Crippen molar-refractivity contribution in [2.75, 3.05) is 6.54 Å². The fraction of sp³-hybridized carbons (Fsp3) is 0.385. The number of nitrogens with two attached hydrogens (primary N) is 1. The molecule has 2 atom stereocenters. The van der Waals surface area contributed by atoms with Gasteiger partial charge in [0, 0.05) is 17.4 Å². The number of benzene rings is 1. The van der Waals surface area contributed by atoms with E-state index in [1.165, 1.54) is 0 Å². The third kappa shape index (κ3) is 4.06. The number of hydrogen-bond donors (Lipinski definition) is 3. The molecule has 0 spiro atoms. The highest BCUT2D eigenvalue weighted by atomic mass is 79.9. The lowest BCUT2D eigenvalue weighted by molar-refractivity contribution is 0.0946. The van der Waals surface area contributed by atoms with Crippen LogP contribution >= 0.6 is 15.9 Å². The predicted molar refractivity (Wildman–Crippen MR) is 84.3 cm³/mol. The van der Waals surface area contributed by atoms with E-state index in [9.17, 15) is 22.4 Å². The molecule has 0 aliphatic heterocycles. The van der Waals surface area contributed by atoms with Crippen molar-refractivity contribution in [2.45, 2.75) is 30.5 Å². The smallest absolute Gasteiger partial charge is 0.252 e. The molecule has 1 aliphatic rings. The van der Waals surface area contributed by atoms with Crippen molar-refractivity contribution >= 4 is 37.8 Å². The van der Waals surface area contributed by atoms with Crippen molar-refractivity contribution in [1.29, 1.82) is 0 Å². The number of amides is 2. The number of carbonyl (C=O) groups is 2. The first-order valence-electron chi connectivity index (χ1n) is 6.74. The molecular weight excluding hydrogens is 393 g/mol. The van der Waals surface area contributed by atoms with Gasteiger partial charge in [0.05, 0.1) is 22.1 Å². The summed E-state index contributed by atoms with van der Waals surface area (Å²) in [5, 5.41) is 10.0. The number of carbonyl (C=O) groups excluding carboxylic acids is 2. The Morgan fingerprint density at radius 2 is 1.87 bits per heavy atom. The summed E-state index contributed by atoms with van der Waals surface area (Å²) in [4.78, 5) is 23.9.